The van der Waals surface area contributed by atoms with Crippen molar-refractivity contribution >= 4 is 5.97 Å². The van der Waals surface area contributed by atoms with Gasteiger partial charge in [0.1, 0.15) is 0 Å². The van der Waals surface area contributed by atoms with Gasteiger partial charge in [-0.1, -0.05) is 12.8 Å². The molecule has 1 unspecified atom stereocenters. The van der Waals surface area contributed by atoms with E-state index in [9.17, 15) is 9.90 Å². The van der Waals surface area contributed by atoms with Gasteiger partial charge in [0.2, 0.25) is 0 Å². The second-order valence-corrected chi connectivity index (χ2v) is 5.71. The molecular formula is C14H23N3O2. The van der Waals surface area contributed by atoms with Crippen LogP contribution in [0.3, 0.4) is 0 Å². The number of carboxylic acid groups (broad SMARTS) is 1. The first-order valence-corrected chi connectivity index (χ1v) is 6.97. The molecule has 1 heterocycles. The SMILES string of the molecule is CCn1nc(C)cc1CC(CN)(CC1CC1)C(=O)O. The summed E-state index contributed by atoms with van der Waals surface area (Å²) in [6.45, 7) is 4.89. The summed E-state index contributed by atoms with van der Waals surface area (Å²) < 4.78 is 1.88. The first-order chi connectivity index (χ1) is 9.00. The van der Waals surface area contributed by atoms with Crippen molar-refractivity contribution in [1.29, 1.82) is 0 Å². The van der Waals surface area contributed by atoms with Crippen LogP contribution in [0.5, 0.6) is 0 Å². The molecule has 1 saturated carbocycles. The van der Waals surface area contributed by atoms with Crippen LogP contribution in [0.15, 0.2) is 6.07 Å². The number of aryl methyl sites for hydroxylation is 2. The molecule has 2 rings (SSSR count). The van der Waals surface area contributed by atoms with E-state index in [1.807, 2.05) is 24.6 Å². The summed E-state index contributed by atoms with van der Waals surface area (Å²) in [6, 6.07) is 1.98. The van der Waals surface area contributed by atoms with Crippen LogP contribution in [0.1, 0.15) is 37.6 Å². The standard InChI is InChI=1S/C14H23N3O2/c1-3-17-12(6-10(2)16-17)8-14(9-15,13(18)19)7-11-4-5-11/h6,11H,3-5,7-9,15H2,1-2H3,(H,18,19). The minimum atomic E-state index is -0.833. The number of nitrogens with zero attached hydrogens (tertiary/aromatic N) is 2. The lowest BCUT2D eigenvalue weighted by atomic mass is 9.78. The Balaban J connectivity index is 2.25. The average molecular weight is 265 g/mol. The van der Waals surface area contributed by atoms with Crippen LogP contribution >= 0.6 is 0 Å². The van der Waals surface area contributed by atoms with Gasteiger partial charge in [-0.15, -0.1) is 0 Å². The topological polar surface area (TPSA) is 81.1 Å². The monoisotopic (exact) mass is 265 g/mol. The van der Waals surface area contributed by atoms with E-state index in [0.717, 1.165) is 30.8 Å². The Morgan fingerprint density at radius 2 is 2.32 bits per heavy atom. The van der Waals surface area contributed by atoms with Crippen molar-refractivity contribution < 1.29 is 9.90 Å². The van der Waals surface area contributed by atoms with Crippen LogP contribution in [0, 0.1) is 18.3 Å². The molecular weight excluding hydrogens is 242 g/mol. The Hall–Kier alpha value is -1.36. The number of nitrogens with two attached hydrogens (primary N) is 1. The van der Waals surface area contributed by atoms with E-state index in [2.05, 4.69) is 5.10 Å². The summed E-state index contributed by atoms with van der Waals surface area (Å²) in [5.74, 6) is -0.234. The molecule has 1 aliphatic carbocycles. The van der Waals surface area contributed by atoms with Gasteiger partial charge >= 0.3 is 5.97 Å². The Bertz CT molecular complexity index is 465. The van der Waals surface area contributed by atoms with Gasteiger partial charge in [0.15, 0.2) is 0 Å². The van der Waals surface area contributed by atoms with Gasteiger partial charge in [0.25, 0.3) is 0 Å². The predicted molar refractivity (Wildman–Crippen MR) is 72.8 cm³/mol. The fourth-order valence-electron chi connectivity index (χ4n) is 2.71. The van der Waals surface area contributed by atoms with Gasteiger partial charge in [-0.05, 0) is 32.3 Å². The van der Waals surface area contributed by atoms with Crippen molar-refractivity contribution in [2.45, 2.75) is 46.1 Å². The number of carbonyl (C=O) groups is 1. The van der Waals surface area contributed by atoms with E-state index in [4.69, 9.17) is 5.73 Å². The van der Waals surface area contributed by atoms with Crippen molar-refractivity contribution in [3.63, 3.8) is 0 Å². The molecule has 1 atom stereocenters. The van der Waals surface area contributed by atoms with Gasteiger partial charge in [0, 0.05) is 25.2 Å². The van der Waals surface area contributed by atoms with Crippen LogP contribution in [0.4, 0.5) is 0 Å². The molecule has 5 heteroatoms. The van der Waals surface area contributed by atoms with E-state index in [-0.39, 0.29) is 6.54 Å². The molecule has 106 valence electrons. The van der Waals surface area contributed by atoms with Crippen LogP contribution < -0.4 is 5.73 Å². The van der Waals surface area contributed by atoms with Gasteiger partial charge in [-0.25, -0.2) is 0 Å². The summed E-state index contributed by atoms with van der Waals surface area (Å²) in [5, 5.41) is 14.0. The highest BCUT2D eigenvalue weighted by Gasteiger charge is 2.43. The summed E-state index contributed by atoms with van der Waals surface area (Å²) >= 11 is 0. The molecule has 1 aromatic heterocycles. The van der Waals surface area contributed by atoms with E-state index in [0.29, 0.717) is 18.8 Å². The highest BCUT2D eigenvalue weighted by atomic mass is 16.4. The summed E-state index contributed by atoms with van der Waals surface area (Å²) in [5.41, 5.74) is 6.90. The molecule has 0 bridgehead atoms. The van der Waals surface area contributed by atoms with Gasteiger partial charge < -0.3 is 10.8 Å². The summed E-state index contributed by atoms with van der Waals surface area (Å²) in [7, 11) is 0. The number of hydrogen-bond acceptors (Lipinski definition) is 3. The Labute approximate surface area is 113 Å². The maximum Gasteiger partial charge on any atom is 0.311 e. The smallest absolute Gasteiger partial charge is 0.311 e. The van der Waals surface area contributed by atoms with Gasteiger partial charge in [-0.3, -0.25) is 9.48 Å². The maximum absolute atomic E-state index is 11.7. The lowest BCUT2D eigenvalue weighted by Crippen LogP contribution is -2.41. The van der Waals surface area contributed by atoms with Crippen molar-refractivity contribution in [3.05, 3.63) is 17.5 Å². The quantitative estimate of drug-likeness (QED) is 0.784. The molecule has 0 radical (unpaired) electrons. The largest absolute Gasteiger partial charge is 0.481 e. The van der Waals surface area contributed by atoms with Crippen LogP contribution in [0.25, 0.3) is 0 Å². The Kier molecular flexibility index (Phi) is 3.94. The molecule has 1 aliphatic rings. The maximum atomic E-state index is 11.7. The van der Waals surface area contributed by atoms with E-state index < -0.39 is 11.4 Å². The molecule has 0 amide bonds. The Morgan fingerprint density at radius 3 is 2.79 bits per heavy atom. The third-order valence-corrected chi connectivity index (χ3v) is 4.03. The van der Waals surface area contributed by atoms with E-state index in [1.54, 1.807) is 0 Å². The van der Waals surface area contributed by atoms with Crippen LogP contribution in [0.2, 0.25) is 0 Å². The minimum absolute atomic E-state index is 0.187. The normalized spacial score (nSPS) is 18.3. The third kappa shape index (κ3) is 2.97. The lowest BCUT2D eigenvalue weighted by molar-refractivity contribution is -0.149. The van der Waals surface area contributed by atoms with Crippen LogP contribution in [-0.2, 0) is 17.8 Å². The number of aliphatic carboxylic acids is 1. The molecule has 3 N–H and O–H groups in total. The fraction of sp³-hybridized carbons (Fsp3) is 0.714. The van der Waals surface area contributed by atoms with E-state index >= 15 is 0 Å². The zero-order valence-corrected chi connectivity index (χ0v) is 11.7. The highest BCUT2D eigenvalue weighted by Crippen LogP contribution is 2.42. The van der Waals surface area contributed by atoms with Crippen LogP contribution in [-0.4, -0.2) is 27.4 Å². The van der Waals surface area contributed by atoms with Gasteiger partial charge in [-0.2, -0.15) is 5.10 Å². The summed E-state index contributed by atoms with van der Waals surface area (Å²) in [4.78, 5) is 11.7. The second kappa shape index (κ2) is 5.33. The van der Waals surface area contributed by atoms with Crippen molar-refractivity contribution in [2.75, 3.05) is 6.54 Å². The second-order valence-electron chi connectivity index (χ2n) is 5.71. The molecule has 0 aromatic carbocycles. The first-order valence-electron chi connectivity index (χ1n) is 6.97. The van der Waals surface area contributed by atoms with Crippen molar-refractivity contribution in [1.82, 2.24) is 9.78 Å². The zero-order chi connectivity index (χ0) is 14.0. The van der Waals surface area contributed by atoms with Crippen molar-refractivity contribution in [2.24, 2.45) is 17.1 Å². The third-order valence-electron chi connectivity index (χ3n) is 4.03. The minimum Gasteiger partial charge on any atom is -0.481 e. The highest BCUT2D eigenvalue weighted by molar-refractivity contribution is 5.75. The average Bonchev–Trinajstić information content (AvgIpc) is 3.10. The first kappa shape index (κ1) is 14.1. The molecule has 0 spiro atoms. The number of carboxylic acids is 1. The molecule has 1 fully saturated rings. The molecule has 1 aromatic rings. The lowest BCUT2D eigenvalue weighted by Gasteiger charge is -2.28. The zero-order valence-electron chi connectivity index (χ0n) is 11.7. The molecule has 0 saturated heterocycles. The van der Waals surface area contributed by atoms with Crippen molar-refractivity contribution in [3.8, 4) is 0 Å². The molecule has 19 heavy (non-hydrogen) atoms. The number of hydrogen-bond donors (Lipinski definition) is 2. The molecule has 0 aliphatic heterocycles. The summed E-state index contributed by atoms with van der Waals surface area (Å²) in [6.07, 6.45) is 3.44. The van der Waals surface area contributed by atoms with E-state index in [1.165, 1.54) is 0 Å². The van der Waals surface area contributed by atoms with Gasteiger partial charge in [0.05, 0.1) is 11.1 Å². The fourth-order valence-corrected chi connectivity index (χ4v) is 2.71. The predicted octanol–water partition coefficient (Wildman–Crippen LogP) is 1.58. The number of aromatic nitrogens is 2. The Morgan fingerprint density at radius 1 is 1.63 bits per heavy atom. The number of rotatable bonds is 7. The molecule has 5 nitrogen and oxygen atoms in total.